The quantitative estimate of drug-likeness (QED) is 0.701. The highest BCUT2D eigenvalue weighted by atomic mass is 16.5. The molecule has 0 saturated heterocycles. The van der Waals surface area contributed by atoms with Crippen molar-refractivity contribution in [2.45, 2.75) is 71.9 Å². The molecule has 1 aromatic heterocycles. The highest BCUT2D eigenvalue weighted by Crippen LogP contribution is 2.36. The lowest BCUT2D eigenvalue weighted by Crippen LogP contribution is -2.45. The molecule has 1 aromatic carbocycles. The summed E-state index contributed by atoms with van der Waals surface area (Å²) in [5, 5.41) is 12.7. The van der Waals surface area contributed by atoms with Crippen molar-refractivity contribution >= 4 is 22.8 Å². The predicted molar refractivity (Wildman–Crippen MR) is 113 cm³/mol. The van der Waals surface area contributed by atoms with Gasteiger partial charge in [-0.1, -0.05) is 20.3 Å². The van der Waals surface area contributed by atoms with E-state index in [0.29, 0.717) is 23.3 Å². The largest absolute Gasteiger partial charge is 0.487 e. The highest BCUT2D eigenvalue weighted by molar-refractivity contribution is 5.88. The van der Waals surface area contributed by atoms with Crippen molar-refractivity contribution in [2.75, 3.05) is 0 Å². The molecule has 0 aliphatic carbocycles. The van der Waals surface area contributed by atoms with Gasteiger partial charge in [0, 0.05) is 11.5 Å². The molecule has 2 atom stereocenters. The molecule has 2 N–H and O–H groups in total. The van der Waals surface area contributed by atoms with Crippen molar-refractivity contribution in [3.63, 3.8) is 0 Å². The number of carbonyl (C=O) groups excluding carboxylic acids is 1. The van der Waals surface area contributed by atoms with Gasteiger partial charge in [-0.2, -0.15) is 0 Å². The van der Waals surface area contributed by atoms with Crippen LogP contribution < -0.4 is 15.7 Å². The summed E-state index contributed by atoms with van der Waals surface area (Å²) < 4.78 is 11.5. The van der Waals surface area contributed by atoms with Crippen molar-refractivity contribution in [3.8, 4) is 5.75 Å². The molecular weight excluding hydrogens is 386 g/mol. The molecule has 1 aliphatic heterocycles. The van der Waals surface area contributed by atoms with Gasteiger partial charge in [0.1, 0.15) is 23.0 Å². The monoisotopic (exact) mass is 415 g/mol. The Balaban J connectivity index is 1.92. The Kier molecular flexibility index (Phi) is 5.92. The molecule has 0 saturated carbocycles. The maximum atomic E-state index is 12.6. The van der Waals surface area contributed by atoms with Gasteiger partial charge in [0.25, 0.3) is 0 Å². The number of aliphatic carboxylic acids is 1. The second-order valence-electron chi connectivity index (χ2n) is 8.76. The zero-order valence-electron chi connectivity index (χ0n) is 18.1. The van der Waals surface area contributed by atoms with E-state index in [0.717, 1.165) is 23.8 Å². The number of aryl methyl sites for hydroxylation is 2. The van der Waals surface area contributed by atoms with Gasteiger partial charge in [0.2, 0.25) is 5.91 Å². The number of carboxylic acids is 1. The van der Waals surface area contributed by atoms with E-state index >= 15 is 0 Å². The van der Waals surface area contributed by atoms with Crippen LogP contribution in [0.25, 0.3) is 11.0 Å². The molecule has 2 aromatic rings. The summed E-state index contributed by atoms with van der Waals surface area (Å²) in [6.45, 7) is 9.45. The molecule has 0 radical (unpaired) electrons. The van der Waals surface area contributed by atoms with Gasteiger partial charge >= 0.3 is 11.6 Å². The molecular formula is C23H29NO6. The zero-order valence-corrected chi connectivity index (χ0v) is 18.1. The van der Waals surface area contributed by atoms with Crippen LogP contribution in [0.3, 0.4) is 0 Å². The van der Waals surface area contributed by atoms with Crippen molar-refractivity contribution < 1.29 is 23.8 Å². The standard InChI is InChI=1S/C23H29NO6/c1-6-12(2)20(21(26)27)24-19(25)10-16-13(3)15-9-14-7-8-23(4,5)30-17(14)11-18(15)29-22(16)28/h9,11-12,20H,6-8,10H2,1-5H3,(H,24,25)(H,26,27)/t12-,20+/m1/s1. The number of ether oxygens (including phenoxy) is 1. The topological polar surface area (TPSA) is 106 Å². The molecule has 1 amide bonds. The summed E-state index contributed by atoms with van der Waals surface area (Å²) in [6.07, 6.45) is 2.11. The van der Waals surface area contributed by atoms with E-state index in [9.17, 15) is 19.5 Å². The number of nitrogens with one attached hydrogen (secondary N) is 1. The third-order valence-electron chi connectivity index (χ3n) is 5.98. The zero-order chi connectivity index (χ0) is 22.2. The van der Waals surface area contributed by atoms with Crippen molar-refractivity contribution in [3.05, 3.63) is 39.2 Å². The van der Waals surface area contributed by atoms with E-state index in [1.54, 1.807) is 19.9 Å². The van der Waals surface area contributed by atoms with Gasteiger partial charge in [-0.3, -0.25) is 4.79 Å². The van der Waals surface area contributed by atoms with E-state index in [4.69, 9.17) is 9.15 Å². The molecule has 7 nitrogen and oxygen atoms in total. The first-order valence-electron chi connectivity index (χ1n) is 10.3. The van der Waals surface area contributed by atoms with Gasteiger partial charge in [-0.15, -0.1) is 0 Å². The van der Waals surface area contributed by atoms with Crippen molar-refractivity contribution in [2.24, 2.45) is 5.92 Å². The number of carboxylic acid groups (broad SMARTS) is 1. The second kappa shape index (κ2) is 8.13. The number of hydrogen-bond acceptors (Lipinski definition) is 5. The normalized spacial score (nSPS) is 17.0. The molecule has 0 bridgehead atoms. The fraction of sp³-hybridized carbons (Fsp3) is 0.522. The van der Waals surface area contributed by atoms with Crippen LogP contribution in [0.2, 0.25) is 0 Å². The first-order valence-corrected chi connectivity index (χ1v) is 10.3. The van der Waals surface area contributed by atoms with Gasteiger partial charge in [-0.05, 0) is 56.7 Å². The smallest absolute Gasteiger partial charge is 0.340 e. The molecule has 2 heterocycles. The molecule has 0 unspecified atom stereocenters. The van der Waals surface area contributed by atoms with E-state index < -0.39 is 23.5 Å². The minimum atomic E-state index is -1.09. The van der Waals surface area contributed by atoms with Gasteiger partial charge in [0.05, 0.1) is 12.0 Å². The molecule has 1 aliphatic rings. The van der Waals surface area contributed by atoms with Crippen LogP contribution in [0.5, 0.6) is 5.75 Å². The van der Waals surface area contributed by atoms with Crippen LogP contribution in [0.4, 0.5) is 0 Å². The van der Waals surface area contributed by atoms with Gasteiger partial charge in [-0.25, -0.2) is 9.59 Å². The average Bonchev–Trinajstić information content (AvgIpc) is 2.66. The first-order chi connectivity index (χ1) is 14.0. The lowest BCUT2D eigenvalue weighted by molar-refractivity contribution is -0.143. The van der Waals surface area contributed by atoms with Crippen LogP contribution in [-0.2, 0) is 22.4 Å². The lowest BCUT2D eigenvalue weighted by atomic mass is 9.92. The minimum Gasteiger partial charge on any atom is -0.487 e. The summed E-state index contributed by atoms with van der Waals surface area (Å²) in [5.74, 6) is -1.11. The Morgan fingerprint density at radius 2 is 2.00 bits per heavy atom. The summed E-state index contributed by atoms with van der Waals surface area (Å²) in [7, 11) is 0. The number of amides is 1. The Morgan fingerprint density at radius 3 is 2.63 bits per heavy atom. The molecule has 0 spiro atoms. The average molecular weight is 415 g/mol. The van der Waals surface area contributed by atoms with E-state index in [1.807, 2.05) is 26.8 Å². The maximum Gasteiger partial charge on any atom is 0.340 e. The molecule has 30 heavy (non-hydrogen) atoms. The number of hydrogen-bond donors (Lipinski definition) is 2. The number of carbonyl (C=O) groups is 2. The molecule has 3 rings (SSSR count). The van der Waals surface area contributed by atoms with Gasteiger partial charge in [0.15, 0.2) is 0 Å². The Morgan fingerprint density at radius 1 is 1.30 bits per heavy atom. The number of fused-ring (bicyclic) bond motifs is 2. The molecule has 7 heteroatoms. The summed E-state index contributed by atoms with van der Waals surface area (Å²) >= 11 is 0. The van der Waals surface area contributed by atoms with E-state index in [-0.39, 0.29) is 23.5 Å². The summed E-state index contributed by atoms with van der Waals surface area (Å²) in [6, 6.07) is 2.70. The predicted octanol–water partition coefficient (Wildman–Crippen LogP) is 3.36. The van der Waals surface area contributed by atoms with Crippen LogP contribution in [-0.4, -0.2) is 28.6 Å². The Bertz CT molecular complexity index is 1050. The Hall–Kier alpha value is -2.83. The van der Waals surface area contributed by atoms with Gasteiger partial charge < -0.3 is 19.6 Å². The second-order valence-corrected chi connectivity index (χ2v) is 8.76. The number of rotatable bonds is 6. The molecule has 0 fully saturated rings. The summed E-state index contributed by atoms with van der Waals surface area (Å²) in [4.78, 5) is 36.6. The summed E-state index contributed by atoms with van der Waals surface area (Å²) in [5.41, 5.74) is 1.49. The third-order valence-corrected chi connectivity index (χ3v) is 5.98. The Labute approximate surface area is 175 Å². The van der Waals surface area contributed by atoms with Crippen LogP contribution in [0.15, 0.2) is 21.3 Å². The maximum absolute atomic E-state index is 12.6. The van der Waals surface area contributed by atoms with Crippen LogP contribution >= 0.6 is 0 Å². The van der Waals surface area contributed by atoms with Crippen molar-refractivity contribution in [1.82, 2.24) is 5.32 Å². The lowest BCUT2D eigenvalue weighted by Gasteiger charge is -2.32. The molecule has 162 valence electrons. The van der Waals surface area contributed by atoms with E-state index in [2.05, 4.69) is 5.32 Å². The van der Waals surface area contributed by atoms with E-state index in [1.165, 1.54) is 0 Å². The SMILES string of the molecule is CC[C@@H](C)[C@H](NC(=O)Cc1c(C)c2cc3c(cc2oc1=O)OC(C)(C)CC3)C(=O)O. The van der Waals surface area contributed by atoms with Crippen LogP contribution in [0.1, 0.15) is 57.2 Å². The first kappa shape index (κ1) is 21.9. The minimum absolute atomic E-state index is 0.226. The fourth-order valence-corrected chi connectivity index (χ4v) is 3.81. The third kappa shape index (κ3) is 4.35. The van der Waals surface area contributed by atoms with Crippen LogP contribution in [0, 0.1) is 12.8 Å². The fourth-order valence-electron chi connectivity index (χ4n) is 3.81. The highest BCUT2D eigenvalue weighted by Gasteiger charge is 2.29. The van der Waals surface area contributed by atoms with Crippen molar-refractivity contribution in [1.29, 1.82) is 0 Å². The number of benzene rings is 1.